The quantitative estimate of drug-likeness (QED) is 0.508. The Labute approximate surface area is 51.9 Å². The van der Waals surface area contributed by atoms with E-state index in [1.807, 2.05) is 6.92 Å². The van der Waals surface area contributed by atoms with Crippen molar-refractivity contribution < 1.29 is 0 Å². The van der Waals surface area contributed by atoms with Gasteiger partial charge in [-0.1, -0.05) is 5.10 Å². The molecule has 1 heterocycles. The summed E-state index contributed by atoms with van der Waals surface area (Å²) in [4.78, 5) is 1.36. The number of nitrogens with zero attached hydrogens (tertiary/aromatic N) is 5. The lowest BCUT2D eigenvalue weighted by Gasteiger charge is -1.83. The van der Waals surface area contributed by atoms with Gasteiger partial charge in [-0.05, 0) is 12.1 Å². The molecule has 0 radical (unpaired) electrons. The average Bonchev–Trinajstić information content (AvgIpc) is 2.34. The Morgan fingerprint density at radius 3 is 2.89 bits per heavy atom. The van der Waals surface area contributed by atoms with E-state index < -0.39 is 0 Å². The summed E-state index contributed by atoms with van der Waals surface area (Å²) in [5.74, 6) is 0.122. The summed E-state index contributed by atoms with van der Waals surface area (Å²) in [5.41, 5.74) is 0. The summed E-state index contributed by atoms with van der Waals surface area (Å²) in [6.45, 7) is 2.53. The van der Waals surface area contributed by atoms with E-state index >= 15 is 0 Å². The lowest BCUT2D eigenvalue weighted by atomic mass is 10.7. The van der Waals surface area contributed by atoms with Gasteiger partial charge in [-0.25, -0.2) is 0 Å². The molecule has 1 aromatic heterocycles. The molecule has 0 amide bonds. The number of hydrogen-bond acceptors (Lipinski definition) is 4. The van der Waals surface area contributed by atoms with Gasteiger partial charge in [0.15, 0.2) is 0 Å². The second-order valence-corrected chi connectivity index (χ2v) is 1.41. The summed E-state index contributed by atoms with van der Waals surface area (Å²) < 4.78 is 0. The van der Waals surface area contributed by atoms with Gasteiger partial charge >= 0.3 is 0 Å². The Morgan fingerprint density at radius 2 is 2.56 bits per heavy atom. The highest BCUT2D eigenvalue weighted by Gasteiger charge is 1.95. The van der Waals surface area contributed by atoms with E-state index in [9.17, 15) is 0 Å². The van der Waals surface area contributed by atoms with Gasteiger partial charge in [0, 0.05) is 0 Å². The molecule has 0 aliphatic rings. The van der Waals surface area contributed by atoms with E-state index in [4.69, 9.17) is 5.26 Å². The van der Waals surface area contributed by atoms with Crippen LogP contribution in [0.25, 0.3) is 0 Å². The molecule has 5 nitrogen and oxygen atoms in total. The molecule has 0 spiro atoms. The lowest BCUT2D eigenvalue weighted by Crippen LogP contribution is -1.98. The molecule has 0 saturated carbocycles. The molecule has 1 aromatic rings. The van der Waals surface area contributed by atoms with Gasteiger partial charge in [0.2, 0.25) is 0 Å². The minimum Gasteiger partial charge on any atom is -0.189 e. The van der Waals surface area contributed by atoms with Gasteiger partial charge in [-0.2, -0.15) is 10.1 Å². The van der Waals surface area contributed by atoms with Gasteiger partial charge in [0.1, 0.15) is 6.07 Å². The van der Waals surface area contributed by atoms with Crippen molar-refractivity contribution in [3.05, 3.63) is 5.82 Å². The summed E-state index contributed by atoms with van der Waals surface area (Å²) in [7, 11) is 0. The fourth-order valence-electron chi connectivity index (χ4n) is 0.422. The van der Waals surface area contributed by atoms with Crippen LogP contribution < -0.4 is 0 Å². The number of aryl methyl sites for hydroxylation is 1. The van der Waals surface area contributed by atoms with Crippen LogP contribution in [0.4, 0.5) is 0 Å². The minimum atomic E-state index is 0.122. The van der Waals surface area contributed by atoms with Crippen molar-refractivity contribution in [3.63, 3.8) is 0 Å². The van der Waals surface area contributed by atoms with Crippen LogP contribution in [-0.2, 0) is 6.54 Å². The van der Waals surface area contributed by atoms with Crippen LogP contribution in [-0.4, -0.2) is 20.2 Å². The molecule has 0 atom stereocenters. The molecule has 9 heavy (non-hydrogen) atoms. The number of hydrogen-bond donors (Lipinski definition) is 0. The normalized spacial score (nSPS) is 8.89. The van der Waals surface area contributed by atoms with Crippen LogP contribution in [0.1, 0.15) is 12.7 Å². The number of tetrazole rings is 1. The van der Waals surface area contributed by atoms with E-state index in [1.54, 1.807) is 6.07 Å². The van der Waals surface area contributed by atoms with Crippen LogP contribution in [0.3, 0.4) is 0 Å². The van der Waals surface area contributed by atoms with Crippen molar-refractivity contribution in [2.45, 2.75) is 13.5 Å². The van der Waals surface area contributed by atoms with E-state index in [1.165, 1.54) is 4.80 Å². The molecule has 0 aliphatic carbocycles. The number of rotatable bonds is 1. The van der Waals surface area contributed by atoms with Crippen molar-refractivity contribution in [1.29, 1.82) is 5.26 Å². The fourth-order valence-corrected chi connectivity index (χ4v) is 0.422. The smallest absolute Gasteiger partial charge is 0.189 e. The molecule has 0 aliphatic heterocycles. The molecule has 0 aromatic carbocycles. The van der Waals surface area contributed by atoms with Crippen LogP contribution in [0.2, 0.25) is 0 Å². The molecule has 0 fully saturated rings. The van der Waals surface area contributed by atoms with Crippen molar-refractivity contribution in [2.75, 3.05) is 0 Å². The molecule has 0 N–H and O–H groups in total. The van der Waals surface area contributed by atoms with Gasteiger partial charge in [-0.15, -0.1) is 5.10 Å². The second-order valence-electron chi connectivity index (χ2n) is 1.41. The molecular formula is C4H5N5. The third kappa shape index (κ3) is 1.02. The van der Waals surface area contributed by atoms with Gasteiger partial charge < -0.3 is 0 Å². The van der Waals surface area contributed by atoms with Gasteiger partial charge in [0.05, 0.1) is 6.54 Å². The molecule has 0 saturated heterocycles. The predicted octanol–water partition coefficient (Wildman–Crippen LogP) is -0.435. The first-order valence-electron chi connectivity index (χ1n) is 2.54. The summed E-state index contributed by atoms with van der Waals surface area (Å²) in [5, 5.41) is 18.9. The maximum absolute atomic E-state index is 8.22. The van der Waals surface area contributed by atoms with E-state index in [0.29, 0.717) is 6.54 Å². The average molecular weight is 123 g/mol. The fraction of sp³-hybridized carbons (Fsp3) is 0.500. The zero-order valence-corrected chi connectivity index (χ0v) is 4.94. The van der Waals surface area contributed by atoms with Gasteiger partial charge in [0.25, 0.3) is 5.82 Å². The monoisotopic (exact) mass is 123 g/mol. The molecule has 5 heteroatoms. The van der Waals surface area contributed by atoms with Crippen molar-refractivity contribution in [2.24, 2.45) is 0 Å². The summed E-state index contributed by atoms with van der Waals surface area (Å²) in [6, 6.07) is 1.78. The Balaban J connectivity index is 2.90. The molecule has 46 valence electrons. The third-order valence-corrected chi connectivity index (χ3v) is 0.836. The Kier molecular flexibility index (Phi) is 1.40. The maximum Gasteiger partial charge on any atom is 0.273 e. The topological polar surface area (TPSA) is 67.4 Å². The van der Waals surface area contributed by atoms with Crippen molar-refractivity contribution in [3.8, 4) is 6.07 Å². The first-order valence-corrected chi connectivity index (χ1v) is 2.54. The maximum atomic E-state index is 8.22. The highest BCUT2D eigenvalue weighted by molar-refractivity contribution is 5.02. The lowest BCUT2D eigenvalue weighted by molar-refractivity contribution is 0.552. The summed E-state index contributed by atoms with van der Waals surface area (Å²) in [6.07, 6.45) is 0. The second kappa shape index (κ2) is 2.22. The van der Waals surface area contributed by atoms with E-state index in [-0.39, 0.29) is 5.82 Å². The molecule has 0 bridgehead atoms. The largest absolute Gasteiger partial charge is 0.273 e. The van der Waals surface area contributed by atoms with E-state index in [2.05, 4.69) is 15.4 Å². The van der Waals surface area contributed by atoms with Gasteiger partial charge in [-0.3, -0.25) is 0 Å². The van der Waals surface area contributed by atoms with Crippen LogP contribution in [0, 0.1) is 11.3 Å². The summed E-state index contributed by atoms with van der Waals surface area (Å²) >= 11 is 0. The standard InChI is InChI=1S/C4H5N5/c1-2-9-7-4(3-5)6-8-9/h2H2,1H3. The zero-order chi connectivity index (χ0) is 6.69. The zero-order valence-electron chi connectivity index (χ0n) is 4.94. The van der Waals surface area contributed by atoms with Crippen molar-refractivity contribution >= 4 is 0 Å². The molecule has 1 rings (SSSR count). The highest BCUT2D eigenvalue weighted by atomic mass is 15.6. The molecular weight excluding hydrogens is 118 g/mol. The third-order valence-electron chi connectivity index (χ3n) is 0.836. The number of aromatic nitrogens is 4. The number of nitriles is 1. The van der Waals surface area contributed by atoms with Crippen molar-refractivity contribution in [1.82, 2.24) is 20.2 Å². The Morgan fingerprint density at radius 1 is 1.78 bits per heavy atom. The minimum absolute atomic E-state index is 0.122. The first-order chi connectivity index (χ1) is 4.36. The van der Waals surface area contributed by atoms with E-state index in [0.717, 1.165) is 0 Å². The highest BCUT2D eigenvalue weighted by Crippen LogP contribution is 1.79. The van der Waals surface area contributed by atoms with Crippen LogP contribution >= 0.6 is 0 Å². The Hall–Kier alpha value is -1.44. The van der Waals surface area contributed by atoms with Crippen LogP contribution in [0.5, 0.6) is 0 Å². The molecule has 0 unspecified atom stereocenters. The SMILES string of the molecule is CCn1nnc(C#N)n1. The van der Waals surface area contributed by atoms with Crippen LogP contribution in [0.15, 0.2) is 0 Å². The Bertz CT molecular complexity index is 231. The first kappa shape index (κ1) is 5.69. The predicted molar refractivity (Wildman–Crippen MR) is 28.2 cm³/mol.